The van der Waals surface area contributed by atoms with Gasteiger partial charge in [0.05, 0.1) is 0 Å². The van der Waals surface area contributed by atoms with Crippen molar-refractivity contribution >= 4 is 11.7 Å². The Labute approximate surface area is 108 Å². The van der Waals surface area contributed by atoms with E-state index in [1.54, 1.807) is 0 Å². The largest absolute Gasteiger partial charge is 0.333 e. The average Bonchev–Trinajstić information content (AvgIpc) is 2.27. The molecule has 0 spiro atoms. The first-order valence-electron chi connectivity index (χ1n) is 6.36. The lowest BCUT2D eigenvalue weighted by Crippen LogP contribution is -2.43. The lowest BCUT2D eigenvalue weighted by molar-refractivity contribution is 0.244. The van der Waals surface area contributed by atoms with Crippen molar-refractivity contribution in [3.05, 3.63) is 29.3 Å². The Kier molecular flexibility index (Phi) is 3.57. The Bertz CT molecular complexity index is 449. The zero-order valence-electron chi connectivity index (χ0n) is 11.3. The molecule has 2 amide bonds. The fourth-order valence-electron chi connectivity index (χ4n) is 2.14. The molecule has 3 N–H and O–H groups in total. The van der Waals surface area contributed by atoms with Crippen LogP contribution in [0.3, 0.4) is 0 Å². The Hall–Kier alpha value is -1.55. The molecule has 0 atom stereocenters. The van der Waals surface area contributed by atoms with Crippen LogP contribution in [0.15, 0.2) is 18.2 Å². The van der Waals surface area contributed by atoms with Gasteiger partial charge in [-0.05, 0) is 50.9 Å². The van der Waals surface area contributed by atoms with Gasteiger partial charge in [-0.2, -0.15) is 0 Å². The van der Waals surface area contributed by atoms with Crippen LogP contribution in [0.2, 0.25) is 0 Å². The van der Waals surface area contributed by atoms with E-state index in [0.29, 0.717) is 0 Å². The number of fused-ring (bicyclic) bond motifs is 1. The maximum atomic E-state index is 11.9. The van der Waals surface area contributed by atoms with E-state index < -0.39 is 0 Å². The summed E-state index contributed by atoms with van der Waals surface area (Å²) in [4.78, 5) is 11.9. The Balaban J connectivity index is 2.12. The smallest absolute Gasteiger partial charge is 0.319 e. The molecule has 4 nitrogen and oxygen atoms in total. The molecule has 1 heterocycles. The standard InChI is InChI=1S/C14H21N3O/c1-14(2,3)17-13(18)16-12-6-4-5-10-9-15-8-7-11(10)12/h4-6,15H,7-9H2,1-3H3,(H2,16,17,18). The summed E-state index contributed by atoms with van der Waals surface area (Å²) < 4.78 is 0. The van der Waals surface area contributed by atoms with Gasteiger partial charge in [0.15, 0.2) is 0 Å². The second-order valence-corrected chi connectivity index (χ2v) is 5.70. The van der Waals surface area contributed by atoms with Crippen LogP contribution in [-0.2, 0) is 13.0 Å². The van der Waals surface area contributed by atoms with Gasteiger partial charge in [0.25, 0.3) is 0 Å². The molecule has 1 aromatic carbocycles. The predicted molar refractivity (Wildman–Crippen MR) is 73.8 cm³/mol. The molecule has 0 fully saturated rings. The summed E-state index contributed by atoms with van der Waals surface area (Å²) in [5.41, 5.74) is 3.23. The molecule has 1 aliphatic heterocycles. The molecule has 1 aromatic rings. The van der Waals surface area contributed by atoms with Crippen LogP contribution >= 0.6 is 0 Å². The second-order valence-electron chi connectivity index (χ2n) is 5.70. The normalized spacial score (nSPS) is 14.8. The molecule has 0 saturated carbocycles. The third kappa shape index (κ3) is 3.23. The summed E-state index contributed by atoms with van der Waals surface area (Å²) in [6.07, 6.45) is 0.960. The van der Waals surface area contributed by atoms with E-state index in [1.807, 2.05) is 32.9 Å². The van der Waals surface area contributed by atoms with Crippen LogP contribution in [0.5, 0.6) is 0 Å². The maximum absolute atomic E-state index is 11.9. The fourth-order valence-corrected chi connectivity index (χ4v) is 2.14. The zero-order valence-corrected chi connectivity index (χ0v) is 11.3. The molecule has 98 valence electrons. The SMILES string of the molecule is CC(C)(C)NC(=O)Nc1cccc2c1CCNC2. The summed E-state index contributed by atoms with van der Waals surface area (Å²) in [5, 5.41) is 9.19. The first-order chi connectivity index (χ1) is 8.46. The van der Waals surface area contributed by atoms with Crippen LogP contribution in [0.25, 0.3) is 0 Å². The van der Waals surface area contributed by atoms with Gasteiger partial charge in [-0.25, -0.2) is 4.79 Å². The zero-order chi connectivity index (χ0) is 13.2. The molecule has 1 aliphatic rings. The van der Waals surface area contributed by atoms with E-state index in [1.165, 1.54) is 11.1 Å². The molecule has 2 rings (SSSR count). The van der Waals surface area contributed by atoms with Gasteiger partial charge < -0.3 is 16.0 Å². The van der Waals surface area contributed by atoms with Gasteiger partial charge in [-0.1, -0.05) is 12.1 Å². The Morgan fingerprint density at radius 3 is 2.83 bits per heavy atom. The fraction of sp³-hybridized carbons (Fsp3) is 0.500. The van der Waals surface area contributed by atoms with Gasteiger partial charge in [0.2, 0.25) is 0 Å². The highest BCUT2D eigenvalue weighted by atomic mass is 16.2. The van der Waals surface area contributed by atoms with E-state index in [9.17, 15) is 4.79 Å². The van der Waals surface area contributed by atoms with Crippen molar-refractivity contribution in [1.82, 2.24) is 10.6 Å². The van der Waals surface area contributed by atoms with Crippen LogP contribution in [-0.4, -0.2) is 18.1 Å². The van der Waals surface area contributed by atoms with E-state index in [4.69, 9.17) is 0 Å². The average molecular weight is 247 g/mol. The quantitative estimate of drug-likeness (QED) is 0.713. The minimum absolute atomic E-state index is 0.144. The third-order valence-electron chi connectivity index (χ3n) is 2.88. The van der Waals surface area contributed by atoms with Crippen molar-refractivity contribution in [3.8, 4) is 0 Å². The van der Waals surface area contributed by atoms with E-state index in [0.717, 1.165) is 25.2 Å². The molecule has 0 saturated heterocycles. The lowest BCUT2D eigenvalue weighted by Gasteiger charge is -2.23. The monoisotopic (exact) mass is 247 g/mol. The molecular formula is C14H21N3O. The van der Waals surface area contributed by atoms with Gasteiger partial charge >= 0.3 is 6.03 Å². The summed E-state index contributed by atoms with van der Waals surface area (Å²) >= 11 is 0. The minimum atomic E-state index is -0.222. The molecule has 0 bridgehead atoms. The van der Waals surface area contributed by atoms with Crippen molar-refractivity contribution in [1.29, 1.82) is 0 Å². The summed E-state index contributed by atoms with van der Waals surface area (Å²) in [6, 6.07) is 5.91. The highest BCUT2D eigenvalue weighted by molar-refractivity contribution is 5.90. The summed E-state index contributed by atoms with van der Waals surface area (Å²) in [7, 11) is 0. The van der Waals surface area contributed by atoms with Crippen LogP contribution in [0.4, 0.5) is 10.5 Å². The topological polar surface area (TPSA) is 53.2 Å². The first-order valence-corrected chi connectivity index (χ1v) is 6.36. The summed E-state index contributed by atoms with van der Waals surface area (Å²) in [6.45, 7) is 7.75. The molecule has 0 aromatic heterocycles. The number of amides is 2. The van der Waals surface area contributed by atoms with Crippen molar-refractivity contribution < 1.29 is 4.79 Å². The van der Waals surface area contributed by atoms with Crippen molar-refractivity contribution in [2.45, 2.75) is 39.3 Å². The number of carbonyl (C=O) groups is 1. The number of nitrogens with one attached hydrogen (secondary N) is 3. The molecule has 0 aliphatic carbocycles. The number of benzene rings is 1. The lowest BCUT2D eigenvalue weighted by atomic mass is 9.99. The third-order valence-corrected chi connectivity index (χ3v) is 2.88. The van der Waals surface area contributed by atoms with E-state index in [2.05, 4.69) is 22.0 Å². The van der Waals surface area contributed by atoms with E-state index >= 15 is 0 Å². The Morgan fingerprint density at radius 2 is 2.11 bits per heavy atom. The van der Waals surface area contributed by atoms with Crippen LogP contribution in [0.1, 0.15) is 31.9 Å². The number of hydrogen-bond acceptors (Lipinski definition) is 2. The number of carbonyl (C=O) groups excluding carboxylic acids is 1. The van der Waals surface area contributed by atoms with Crippen molar-refractivity contribution in [2.24, 2.45) is 0 Å². The number of rotatable bonds is 1. The highest BCUT2D eigenvalue weighted by Crippen LogP contribution is 2.23. The molecular weight excluding hydrogens is 226 g/mol. The summed E-state index contributed by atoms with van der Waals surface area (Å²) in [5.74, 6) is 0. The van der Waals surface area contributed by atoms with Gasteiger partial charge in [-0.3, -0.25) is 0 Å². The predicted octanol–water partition coefficient (Wildman–Crippen LogP) is 2.25. The maximum Gasteiger partial charge on any atom is 0.319 e. The van der Waals surface area contributed by atoms with Gasteiger partial charge in [-0.15, -0.1) is 0 Å². The van der Waals surface area contributed by atoms with Gasteiger partial charge in [0, 0.05) is 17.8 Å². The first kappa shape index (κ1) is 12.9. The molecule has 18 heavy (non-hydrogen) atoms. The second kappa shape index (κ2) is 4.98. The number of urea groups is 1. The number of anilines is 1. The Morgan fingerprint density at radius 1 is 1.33 bits per heavy atom. The van der Waals surface area contributed by atoms with Crippen LogP contribution < -0.4 is 16.0 Å². The molecule has 0 unspecified atom stereocenters. The number of hydrogen-bond donors (Lipinski definition) is 3. The molecule has 0 radical (unpaired) electrons. The minimum Gasteiger partial charge on any atom is -0.333 e. The van der Waals surface area contributed by atoms with Crippen molar-refractivity contribution in [3.63, 3.8) is 0 Å². The molecule has 4 heteroatoms. The van der Waals surface area contributed by atoms with Crippen molar-refractivity contribution in [2.75, 3.05) is 11.9 Å². The van der Waals surface area contributed by atoms with Crippen LogP contribution in [0, 0.1) is 0 Å². The van der Waals surface area contributed by atoms with E-state index in [-0.39, 0.29) is 11.6 Å². The highest BCUT2D eigenvalue weighted by Gasteiger charge is 2.17. The van der Waals surface area contributed by atoms with Gasteiger partial charge in [0.1, 0.15) is 0 Å².